The zero-order valence-electron chi connectivity index (χ0n) is 10.9. The van der Waals surface area contributed by atoms with E-state index >= 15 is 0 Å². The van der Waals surface area contributed by atoms with Crippen molar-refractivity contribution in [3.63, 3.8) is 0 Å². The van der Waals surface area contributed by atoms with Gasteiger partial charge in [-0.05, 0) is 43.5 Å². The normalized spacial score (nSPS) is 24.7. The van der Waals surface area contributed by atoms with Crippen molar-refractivity contribution >= 4 is 5.69 Å². The molecule has 3 N–H and O–H groups in total. The number of hydrogen-bond donors (Lipinski definition) is 2. The summed E-state index contributed by atoms with van der Waals surface area (Å²) in [7, 11) is 1.67. The molecule has 1 unspecified atom stereocenters. The molecule has 1 fully saturated rings. The summed E-state index contributed by atoms with van der Waals surface area (Å²) in [5.41, 5.74) is 6.94. The van der Waals surface area contributed by atoms with Crippen LogP contribution in [0.3, 0.4) is 0 Å². The van der Waals surface area contributed by atoms with Crippen molar-refractivity contribution in [2.24, 2.45) is 5.73 Å². The summed E-state index contributed by atoms with van der Waals surface area (Å²) in [6.45, 7) is 1.96. The van der Waals surface area contributed by atoms with Crippen molar-refractivity contribution < 1.29 is 9.84 Å². The first-order chi connectivity index (χ1) is 8.67. The van der Waals surface area contributed by atoms with Crippen LogP contribution in [0.25, 0.3) is 0 Å². The van der Waals surface area contributed by atoms with Crippen LogP contribution in [0.2, 0.25) is 0 Å². The molecule has 18 heavy (non-hydrogen) atoms. The van der Waals surface area contributed by atoms with E-state index in [0.29, 0.717) is 0 Å². The van der Waals surface area contributed by atoms with Gasteiger partial charge < -0.3 is 20.5 Å². The fourth-order valence-electron chi connectivity index (χ4n) is 2.43. The van der Waals surface area contributed by atoms with Crippen LogP contribution in [-0.2, 0) is 0 Å². The fourth-order valence-corrected chi connectivity index (χ4v) is 2.43. The Labute approximate surface area is 108 Å². The Hall–Kier alpha value is -1.26. The maximum atomic E-state index is 9.34. The predicted octanol–water partition coefficient (Wildman–Crippen LogP) is 1.38. The first-order valence-electron chi connectivity index (χ1n) is 6.46. The van der Waals surface area contributed by atoms with Crippen LogP contribution in [0.4, 0.5) is 5.69 Å². The first-order valence-corrected chi connectivity index (χ1v) is 6.46. The van der Waals surface area contributed by atoms with E-state index in [4.69, 9.17) is 10.5 Å². The summed E-state index contributed by atoms with van der Waals surface area (Å²) < 4.78 is 5.16. The fraction of sp³-hybridized carbons (Fsp3) is 0.571. The Morgan fingerprint density at radius 3 is 2.61 bits per heavy atom. The molecule has 4 heteroatoms. The molecule has 0 spiro atoms. The van der Waals surface area contributed by atoms with Crippen molar-refractivity contribution in [3.05, 3.63) is 24.3 Å². The molecule has 100 valence electrons. The molecule has 1 aromatic carbocycles. The minimum atomic E-state index is -0.402. The van der Waals surface area contributed by atoms with Crippen molar-refractivity contribution in [2.75, 3.05) is 31.7 Å². The third-order valence-electron chi connectivity index (χ3n) is 3.73. The number of aliphatic hydroxyl groups excluding tert-OH is 1. The molecular formula is C14H22N2O2. The number of aliphatic hydroxyl groups is 1. The number of ether oxygens (including phenoxy) is 1. The number of benzene rings is 1. The standard InChI is InChI=1S/C14H22N2O2/c1-18-13-5-3-12(4-6-13)16-9-2-7-14(15,11-17)8-10-16/h3-6,17H,2,7-11,15H2,1H3. The molecule has 2 rings (SSSR count). The number of anilines is 1. The average molecular weight is 250 g/mol. The van der Waals surface area contributed by atoms with E-state index in [1.54, 1.807) is 7.11 Å². The summed E-state index contributed by atoms with van der Waals surface area (Å²) in [4.78, 5) is 2.32. The minimum absolute atomic E-state index is 0.0729. The molecule has 1 saturated heterocycles. The zero-order valence-corrected chi connectivity index (χ0v) is 10.9. The van der Waals surface area contributed by atoms with Gasteiger partial charge in [0.25, 0.3) is 0 Å². The van der Waals surface area contributed by atoms with E-state index in [0.717, 1.165) is 38.1 Å². The van der Waals surface area contributed by atoms with E-state index in [-0.39, 0.29) is 6.61 Å². The van der Waals surface area contributed by atoms with Crippen LogP contribution in [-0.4, -0.2) is 37.5 Å². The monoisotopic (exact) mass is 250 g/mol. The maximum Gasteiger partial charge on any atom is 0.119 e. The smallest absolute Gasteiger partial charge is 0.119 e. The second-order valence-electron chi connectivity index (χ2n) is 5.06. The highest BCUT2D eigenvalue weighted by atomic mass is 16.5. The third kappa shape index (κ3) is 2.94. The minimum Gasteiger partial charge on any atom is -0.497 e. The van der Waals surface area contributed by atoms with Gasteiger partial charge in [0.2, 0.25) is 0 Å². The Kier molecular flexibility index (Phi) is 4.09. The third-order valence-corrected chi connectivity index (χ3v) is 3.73. The summed E-state index contributed by atoms with van der Waals surface area (Å²) in [5.74, 6) is 0.872. The molecule has 0 aliphatic carbocycles. The Balaban J connectivity index is 2.05. The molecule has 0 bridgehead atoms. The van der Waals surface area contributed by atoms with Gasteiger partial charge in [-0.3, -0.25) is 0 Å². The largest absolute Gasteiger partial charge is 0.497 e. The van der Waals surface area contributed by atoms with E-state index in [9.17, 15) is 5.11 Å². The maximum absolute atomic E-state index is 9.34. The lowest BCUT2D eigenvalue weighted by molar-refractivity contribution is 0.183. The van der Waals surface area contributed by atoms with E-state index < -0.39 is 5.54 Å². The van der Waals surface area contributed by atoms with Crippen LogP contribution < -0.4 is 15.4 Å². The molecule has 1 heterocycles. The van der Waals surface area contributed by atoms with Gasteiger partial charge in [0.1, 0.15) is 5.75 Å². The van der Waals surface area contributed by atoms with Gasteiger partial charge in [-0.2, -0.15) is 0 Å². The Morgan fingerprint density at radius 1 is 1.28 bits per heavy atom. The summed E-state index contributed by atoms with van der Waals surface area (Å²) in [6, 6.07) is 8.09. The molecule has 0 aromatic heterocycles. The molecule has 4 nitrogen and oxygen atoms in total. The highest BCUT2D eigenvalue weighted by molar-refractivity contribution is 5.49. The Bertz CT molecular complexity index is 380. The molecule has 1 atom stereocenters. The molecule has 1 aliphatic rings. The van der Waals surface area contributed by atoms with E-state index in [1.807, 2.05) is 12.1 Å². The quantitative estimate of drug-likeness (QED) is 0.851. The van der Waals surface area contributed by atoms with Gasteiger partial charge in [-0.1, -0.05) is 0 Å². The topological polar surface area (TPSA) is 58.7 Å². The number of rotatable bonds is 3. The summed E-state index contributed by atoms with van der Waals surface area (Å²) in [5, 5.41) is 9.34. The van der Waals surface area contributed by atoms with Crippen LogP contribution in [0, 0.1) is 0 Å². The van der Waals surface area contributed by atoms with Gasteiger partial charge in [0, 0.05) is 24.3 Å². The van der Waals surface area contributed by atoms with Gasteiger partial charge >= 0.3 is 0 Å². The summed E-state index contributed by atoms with van der Waals surface area (Å²) in [6.07, 6.45) is 2.73. The molecule has 0 radical (unpaired) electrons. The zero-order chi connectivity index (χ0) is 13.0. The van der Waals surface area contributed by atoms with E-state index in [2.05, 4.69) is 17.0 Å². The van der Waals surface area contributed by atoms with E-state index in [1.165, 1.54) is 5.69 Å². The van der Waals surface area contributed by atoms with Gasteiger partial charge in [-0.15, -0.1) is 0 Å². The van der Waals surface area contributed by atoms with Gasteiger partial charge in [0.15, 0.2) is 0 Å². The molecular weight excluding hydrogens is 228 g/mol. The number of nitrogens with two attached hydrogens (primary N) is 1. The van der Waals surface area contributed by atoms with Gasteiger partial charge in [-0.25, -0.2) is 0 Å². The SMILES string of the molecule is COc1ccc(N2CCCC(N)(CO)CC2)cc1. The number of methoxy groups -OCH3 is 1. The average Bonchev–Trinajstić information content (AvgIpc) is 2.62. The van der Waals surface area contributed by atoms with Crippen molar-refractivity contribution in [1.29, 1.82) is 0 Å². The second-order valence-corrected chi connectivity index (χ2v) is 5.06. The number of hydrogen-bond acceptors (Lipinski definition) is 4. The molecule has 1 aromatic rings. The highest BCUT2D eigenvalue weighted by Gasteiger charge is 2.27. The lowest BCUT2D eigenvalue weighted by Crippen LogP contribution is -2.44. The van der Waals surface area contributed by atoms with Crippen molar-refractivity contribution in [2.45, 2.75) is 24.8 Å². The van der Waals surface area contributed by atoms with Gasteiger partial charge in [0.05, 0.1) is 13.7 Å². The van der Waals surface area contributed by atoms with Crippen LogP contribution in [0.1, 0.15) is 19.3 Å². The lowest BCUT2D eigenvalue weighted by atomic mass is 9.93. The van der Waals surface area contributed by atoms with Crippen molar-refractivity contribution in [3.8, 4) is 5.75 Å². The lowest BCUT2D eigenvalue weighted by Gasteiger charge is -2.26. The molecule has 0 amide bonds. The molecule has 1 aliphatic heterocycles. The second kappa shape index (κ2) is 5.59. The first kappa shape index (κ1) is 13.2. The van der Waals surface area contributed by atoms with Crippen LogP contribution in [0.15, 0.2) is 24.3 Å². The highest BCUT2D eigenvalue weighted by Crippen LogP contribution is 2.25. The van der Waals surface area contributed by atoms with Crippen LogP contribution in [0.5, 0.6) is 5.75 Å². The number of nitrogens with zero attached hydrogens (tertiary/aromatic N) is 1. The van der Waals surface area contributed by atoms with Crippen molar-refractivity contribution in [1.82, 2.24) is 0 Å². The molecule has 0 saturated carbocycles. The predicted molar refractivity (Wildman–Crippen MR) is 73.1 cm³/mol. The Morgan fingerprint density at radius 2 is 2.00 bits per heavy atom. The summed E-state index contributed by atoms with van der Waals surface area (Å²) >= 11 is 0. The van der Waals surface area contributed by atoms with Crippen LogP contribution >= 0.6 is 0 Å².